The molecule has 2 N–H and O–H groups in total. The van der Waals surface area contributed by atoms with Crippen molar-refractivity contribution in [3.05, 3.63) is 5.92 Å². The molecule has 0 saturated carbocycles. The molecule has 0 spiro atoms. The third-order valence-electron chi connectivity index (χ3n) is 1.06. The number of hydrogen-bond donors (Lipinski definition) is 2. The third-order valence-corrected chi connectivity index (χ3v) is 1.06. The molecule has 0 rings (SSSR count). The maximum absolute atomic E-state index is 10.5. The molecule has 0 atom stereocenters. The van der Waals surface area contributed by atoms with Crippen LogP contribution in [0, 0.1) is 5.92 Å². The Labute approximate surface area is 132 Å². The SMILES string of the molecule is CC(=O)[C-](C(C)=O)C(C)=O.CC(C)O.CC(C)O.[O]=[Ti+]. The van der Waals surface area contributed by atoms with Gasteiger partial charge in [0.2, 0.25) is 0 Å². The van der Waals surface area contributed by atoms with Gasteiger partial charge in [0.25, 0.3) is 0 Å². The molecule has 20 heavy (non-hydrogen) atoms. The normalized spacial score (nSPS) is 8.25. The number of carbonyl (C=O) groups excluding carboxylic acids is 3. The second kappa shape index (κ2) is 18.3. The van der Waals surface area contributed by atoms with E-state index in [4.69, 9.17) is 13.5 Å². The Kier molecular flexibility index (Phi) is 25.3. The molecule has 7 heteroatoms. The second-order valence-electron chi connectivity index (χ2n) is 4.23. The Balaban J connectivity index is -0.000000106. The number of Topliss-reactive ketones (excluding diaryl/α,β-unsaturated/α-hetero) is 3. The van der Waals surface area contributed by atoms with Gasteiger partial charge in [-0.25, -0.2) is 0 Å². The first kappa shape index (κ1) is 27.6. The van der Waals surface area contributed by atoms with Gasteiger partial charge in [-0.3, -0.25) is 0 Å². The molecule has 0 aromatic rings. The molecular formula is C13H25O6Ti. The van der Waals surface area contributed by atoms with Gasteiger partial charge in [-0.15, -0.1) is 0 Å². The van der Waals surface area contributed by atoms with Crippen molar-refractivity contribution in [3.63, 3.8) is 0 Å². The molecule has 0 aliphatic carbocycles. The van der Waals surface area contributed by atoms with Crippen molar-refractivity contribution >= 4 is 17.3 Å². The zero-order chi connectivity index (χ0) is 17.5. The molecular weight excluding hydrogens is 300 g/mol. The van der Waals surface area contributed by atoms with Crippen LogP contribution in [0.3, 0.4) is 0 Å². The average molecular weight is 325 g/mol. The van der Waals surface area contributed by atoms with Crippen molar-refractivity contribution in [2.24, 2.45) is 0 Å². The molecule has 0 fully saturated rings. The Morgan fingerprint density at radius 1 is 0.750 bits per heavy atom. The maximum atomic E-state index is 10.5. The summed E-state index contributed by atoms with van der Waals surface area (Å²) in [5.74, 6) is -1.60. The topological polar surface area (TPSA) is 109 Å². The zero-order valence-electron chi connectivity index (χ0n) is 13.2. The summed E-state index contributed by atoms with van der Waals surface area (Å²) >= 11 is 0.750. The van der Waals surface area contributed by atoms with Crippen molar-refractivity contribution < 1.29 is 48.3 Å². The zero-order valence-corrected chi connectivity index (χ0v) is 14.7. The summed E-state index contributed by atoms with van der Waals surface area (Å²) in [6.45, 7) is 10.5. The van der Waals surface area contributed by atoms with Crippen LogP contribution in [0.15, 0.2) is 0 Å². The molecule has 0 amide bonds. The second-order valence-corrected chi connectivity index (χ2v) is 4.23. The monoisotopic (exact) mass is 325 g/mol. The van der Waals surface area contributed by atoms with Crippen LogP contribution in [0.5, 0.6) is 0 Å². The molecule has 0 aromatic carbocycles. The van der Waals surface area contributed by atoms with Crippen LogP contribution < -0.4 is 0 Å². The number of aliphatic hydroxyl groups is 2. The van der Waals surface area contributed by atoms with E-state index in [1.54, 1.807) is 27.7 Å². The van der Waals surface area contributed by atoms with E-state index in [9.17, 15) is 14.4 Å². The first-order valence-corrected chi connectivity index (χ1v) is 6.53. The molecule has 0 radical (unpaired) electrons. The molecule has 0 heterocycles. The Hall–Kier alpha value is -0.686. The predicted molar refractivity (Wildman–Crippen MR) is 70.7 cm³/mol. The first-order chi connectivity index (χ1) is 8.93. The van der Waals surface area contributed by atoms with Crippen LogP contribution in [-0.4, -0.2) is 39.8 Å². The summed E-state index contributed by atoms with van der Waals surface area (Å²) in [4.78, 5) is 31.6. The molecule has 6 nitrogen and oxygen atoms in total. The van der Waals surface area contributed by atoms with Gasteiger partial charge in [-0.05, 0) is 48.5 Å². The fraction of sp³-hybridized carbons (Fsp3) is 0.692. The van der Waals surface area contributed by atoms with Crippen LogP contribution in [0.1, 0.15) is 48.5 Å². The number of ketones is 3. The van der Waals surface area contributed by atoms with Gasteiger partial charge >= 0.3 is 23.7 Å². The predicted octanol–water partition coefficient (Wildman–Crippen LogP) is 0.981. The molecule has 0 aliphatic heterocycles. The minimum atomic E-state index is -0.458. The van der Waals surface area contributed by atoms with Crippen molar-refractivity contribution in [1.29, 1.82) is 0 Å². The van der Waals surface area contributed by atoms with E-state index in [1.807, 2.05) is 0 Å². The van der Waals surface area contributed by atoms with Gasteiger partial charge in [-0.1, -0.05) is 0 Å². The standard InChI is InChI=1S/C7H9O3.2C3H8O.O.Ti/c1-4(8)7(5(2)9)6(3)10;2*1-3(2)4;;/h1-3H3;2*3-4H,1-2H3;;/q-1;;;;+1. The summed E-state index contributed by atoms with van der Waals surface area (Å²) in [7, 11) is 0. The van der Waals surface area contributed by atoms with E-state index >= 15 is 0 Å². The summed E-state index contributed by atoms with van der Waals surface area (Å²) < 4.78 is 8.25. The van der Waals surface area contributed by atoms with E-state index < -0.39 is 17.3 Å². The number of rotatable bonds is 3. The van der Waals surface area contributed by atoms with Crippen molar-refractivity contribution in [2.45, 2.75) is 60.7 Å². The van der Waals surface area contributed by atoms with Crippen molar-refractivity contribution in [3.8, 4) is 0 Å². The van der Waals surface area contributed by atoms with E-state index in [1.165, 1.54) is 20.8 Å². The van der Waals surface area contributed by atoms with Crippen LogP contribution in [-0.2, 0) is 38.1 Å². The van der Waals surface area contributed by atoms with Gasteiger partial charge in [-0.2, -0.15) is 5.92 Å². The van der Waals surface area contributed by atoms with E-state index in [2.05, 4.69) is 0 Å². The minimum absolute atomic E-state index is 0.167. The van der Waals surface area contributed by atoms with Crippen molar-refractivity contribution in [1.82, 2.24) is 0 Å². The van der Waals surface area contributed by atoms with E-state index in [-0.39, 0.29) is 18.1 Å². The van der Waals surface area contributed by atoms with Gasteiger partial charge in [0.15, 0.2) is 0 Å². The fourth-order valence-corrected chi connectivity index (χ4v) is 0.744. The Morgan fingerprint density at radius 3 is 0.850 bits per heavy atom. The first-order valence-electron chi connectivity index (χ1n) is 5.89. The number of carbonyl (C=O) groups is 3. The quantitative estimate of drug-likeness (QED) is 0.455. The fourth-order valence-electron chi connectivity index (χ4n) is 0.744. The summed E-state index contributed by atoms with van der Waals surface area (Å²) in [5, 5.41) is 16.1. The van der Waals surface area contributed by atoms with Gasteiger partial charge in [0.05, 0.1) is 0 Å². The number of aliphatic hydroxyl groups excluding tert-OH is 2. The summed E-state index contributed by atoms with van der Waals surface area (Å²) in [5.41, 5.74) is 0. The molecule has 0 aromatic heterocycles. The molecule has 0 bridgehead atoms. The van der Waals surface area contributed by atoms with Crippen LogP contribution in [0.4, 0.5) is 0 Å². The van der Waals surface area contributed by atoms with E-state index in [0.29, 0.717) is 0 Å². The summed E-state index contributed by atoms with van der Waals surface area (Å²) in [6.07, 6.45) is -0.333. The summed E-state index contributed by atoms with van der Waals surface area (Å²) in [6, 6.07) is 0. The third kappa shape index (κ3) is 36.0. The van der Waals surface area contributed by atoms with Gasteiger partial charge < -0.3 is 24.6 Å². The van der Waals surface area contributed by atoms with Crippen molar-refractivity contribution in [2.75, 3.05) is 0 Å². The Morgan fingerprint density at radius 2 is 0.850 bits per heavy atom. The van der Waals surface area contributed by atoms with Gasteiger partial charge in [0.1, 0.15) is 0 Å². The van der Waals surface area contributed by atoms with E-state index in [0.717, 1.165) is 20.4 Å². The molecule has 0 saturated heterocycles. The molecule has 0 unspecified atom stereocenters. The van der Waals surface area contributed by atoms with Crippen LogP contribution in [0.25, 0.3) is 0 Å². The number of hydrogen-bond acceptors (Lipinski definition) is 6. The van der Waals surface area contributed by atoms with Crippen LogP contribution in [0.2, 0.25) is 0 Å². The average Bonchev–Trinajstić information content (AvgIpc) is 2.16. The molecule has 117 valence electrons. The molecule has 0 aliphatic rings. The Bertz CT molecular complexity index is 231. The van der Waals surface area contributed by atoms with Gasteiger partial charge in [0, 0.05) is 29.6 Å². The van der Waals surface area contributed by atoms with Crippen LogP contribution >= 0.6 is 0 Å².